The zero-order chi connectivity index (χ0) is 17.0. The molecule has 1 amide bonds. The number of anilines is 1. The second-order valence-corrected chi connectivity index (χ2v) is 9.11. The minimum absolute atomic E-state index is 0.219. The van der Waals surface area contributed by atoms with Gasteiger partial charge in [0.05, 0.1) is 4.90 Å². The molecule has 0 atom stereocenters. The first-order valence-electron chi connectivity index (χ1n) is 7.14. The van der Waals surface area contributed by atoms with Gasteiger partial charge in [0, 0.05) is 27.7 Å². The van der Waals surface area contributed by atoms with Crippen LogP contribution in [0.1, 0.15) is 24.2 Å². The molecule has 122 valence electrons. The molecule has 2 rings (SSSR count). The molecule has 0 heterocycles. The molecule has 0 aromatic heterocycles. The van der Waals surface area contributed by atoms with Crippen LogP contribution in [0.25, 0.3) is 0 Å². The first-order chi connectivity index (χ1) is 10.8. The van der Waals surface area contributed by atoms with Crippen molar-refractivity contribution in [3.63, 3.8) is 0 Å². The van der Waals surface area contributed by atoms with Crippen molar-refractivity contribution < 1.29 is 13.2 Å². The Labute approximate surface area is 141 Å². The highest BCUT2D eigenvalue weighted by molar-refractivity contribution is 7.99. The Bertz CT molecular complexity index is 797. The Kier molecular flexibility index (Phi) is 5.49. The van der Waals surface area contributed by atoms with Crippen LogP contribution >= 0.6 is 11.8 Å². The molecule has 0 spiro atoms. The molecule has 2 aromatic rings. The molecule has 2 aromatic carbocycles. The number of amides is 1. The van der Waals surface area contributed by atoms with E-state index >= 15 is 0 Å². The minimum atomic E-state index is -3.23. The molecule has 23 heavy (non-hydrogen) atoms. The summed E-state index contributed by atoms with van der Waals surface area (Å²) in [5.41, 5.74) is 1.13. The summed E-state index contributed by atoms with van der Waals surface area (Å²) in [4.78, 5) is 13.6. The summed E-state index contributed by atoms with van der Waals surface area (Å²) in [6.45, 7) is 4.20. The maximum absolute atomic E-state index is 12.3. The molecule has 0 aliphatic rings. The van der Waals surface area contributed by atoms with Crippen LogP contribution in [0.4, 0.5) is 5.69 Å². The summed E-state index contributed by atoms with van der Waals surface area (Å²) in [5, 5.41) is 3.22. The van der Waals surface area contributed by atoms with E-state index in [1.54, 1.807) is 30.0 Å². The number of sulfone groups is 1. The van der Waals surface area contributed by atoms with Crippen LogP contribution in [0.15, 0.2) is 58.3 Å². The number of carbonyl (C=O) groups is 1. The fraction of sp³-hybridized carbons (Fsp3) is 0.235. The molecule has 0 saturated carbocycles. The number of hydrogen-bond acceptors (Lipinski definition) is 4. The summed E-state index contributed by atoms with van der Waals surface area (Å²) >= 11 is 1.69. The van der Waals surface area contributed by atoms with Gasteiger partial charge in [-0.2, -0.15) is 0 Å². The van der Waals surface area contributed by atoms with Crippen LogP contribution < -0.4 is 5.32 Å². The number of carbonyl (C=O) groups excluding carboxylic acids is 1. The number of thioether (sulfide) groups is 1. The van der Waals surface area contributed by atoms with Crippen LogP contribution in [0.2, 0.25) is 0 Å². The van der Waals surface area contributed by atoms with E-state index in [2.05, 4.69) is 19.2 Å². The standard InChI is InChI=1S/C17H19NO3S2/c1-12(2)22-15-6-4-5-13(11-15)17(19)18-14-7-9-16(10-8-14)23(3,20)21/h4-12H,1-3H3,(H,18,19). The van der Waals surface area contributed by atoms with E-state index in [4.69, 9.17) is 0 Å². The predicted octanol–water partition coefficient (Wildman–Crippen LogP) is 3.84. The van der Waals surface area contributed by atoms with Gasteiger partial charge in [-0.15, -0.1) is 11.8 Å². The monoisotopic (exact) mass is 349 g/mol. The molecule has 6 heteroatoms. The minimum Gasteiger partial charge on any atom is -0.322 e. The van der Waals surface area contributed by atoms with Crippen LogP contribution in [0.3, 0.4) is 0 Å². The van der Waals surface area contributed by atoms with E-state index in [-0.39, 0.29) is 10.8 Å². The van der Waals surface area contributed by atoms with Gasteiger partial charge in [0.15, 0.2) is 9.84 Å². The molecular formula is C17H19NO3S2. The van der Waals surface area contributed by atoms with Gasteiger partial charge >= 0.3 is 0 Å². The number of nitrogens with one attached hydrogen (secondary N) is 1. The maximum atomic E-state index is 12.3. The third-order valence-corrected chi connectivity index (χ3v) is 5.13. The van der Waals surface area contributed by atoms with Crippen LogP contribution in [0, 0.1) is 0 Å². The van der Waals surface area contributed by atoms with Crippen molar-refractivity contribution in [2.45, 2.75) is 28.9 Å². The van der Waals surface area contributed by atoms with Crippen molar-refractivity contribution in [3.05, 3.63) is 54.1 Å². The van der Waals surface area contributed by atoms with Gasteiger partial charge in [-0.05, 0) is 42.5 Å². The molecule has 1 N–H and O–H groups in total. The molecule has 0 unspecified atom stereocenters. The van der Waals surface area contributed by atoms with E-state index in [9.17, 15) is 13.2 Å². The van der Waals surface area contributed by atoms with E-state index in [0.717, 1.165) is 11.2 Å². The quantitative estimate of drug-likeness (QED) is 0.833. The van der Waals surface area contributed by atoms with Crippen molar-refractivity contribution in [3.8, 4) is 0 Å². The lowest BCUT2D eigenvalue weighted by Crippen LogP contribution is -2.12. The Morgan fingerprint density at radius 1 is 1.09 bits per heavy atom. The SMILES string of the molecule is CC(C)Sc1cccc(C(=O)Nc2ccc(S(C)(=O)=O)cc2)c1. The van der Waals surface area contributed by atoms with Gasteiger partial charge in [0.25, 0.3) is 5.91 Å². The first kappa shape index (κ1) is 17.6. The van der Waals surface area contributed by atoms with Gasteiger partial charge in [-0.3, -0.25) is 4.79 Å². The van der Waals surface area contributed by atoms with Crippen molar-refractivity contribution in [1.29, 1.82) is 0 Å². The number of hydrogen-bond donors (Lipinski definition) is 1. The lowest BCUT2D eigenvalue weighted by atomic mass is 10.2. The highest BCUT2D eigenvalue weighted by atomic mass is 32.2. The van der Waals surface area contributed by atoms with Crippen molar-refractivity contribution in [2.75, 3.05) is 11.6 Å². The van der Waals surface area contributed by atoms with Crippen LogP contribution in [-0.2, 0) is 9.84 Å². The van der Waals surface area contributed by atoms with E-state index < -0.39 is 9.84 Å². The highest BCUT2D eigenvalue weighted by Gasteiger charge is 2.10. The van der Waals surface area contributed by atoms with Gasteiger partial charge in [-0.25, -0.2) is 8.42 Å². The van der Waals surface area contributed by atoms with Crippen molar-refractivity contribution >= 4 is 33.2 Å². The molecule has 0 saturated heterocycles. The smallest absolute Gasteiger partial charge is 0.255 e. The lowest BCUT2D eigenvalue weighted by molar-refractivity contribution is 0.102. The normalized spacial score (nSPS) is 11.5. The Morgan fingerprint density at radius 3 is 2.30 bits per heavy atom. The second-order valence-electron chi connectivity index (χ2n) is 5.45. The summed E-state index contributed by atoms with van der Waals surface area (Å²) in [5.74, 6) is -0.219. The van der Waals surface area contributed by atoms with Gasteiger partial charge in [-0.1, -0.05) is 19.9 Å². The zero-order valence-corrected chi connectivity index (χ0v) is 14.9. The van der Waals surface area contributed by atoms with E-state index in [0.29, 0.717) is 16.5 Å². The van der Waals surface area contributed by atoms with Gasteiger partial charge < -0.3 is 5.32 Å². The number of rotatable bonds is 5. The Balaban J connectivity index is 2.13. The summed E-state index contributed by atoms with van der Waals surface area (Å²) in [7, 11) is -3.23. The average molecular weight is 349 g/mol. The molecule has 0 bridgehead atoms. The third kappa shape index (κ3) is 5.11. The zero-order valence-electron chi connectivity index (χ0n) is 13.2. The first-order valence-corrected chi connectivity index (χ1v) is 9.91. The molecule has 0 fully saturated rings. The topological polar surface area (TPSA) is 63.2 Å². The maximum Gasteiger partial charge on any atom is 0.255 e. The summed E-state index contributed by atoms with van der Waals surface area (Å²) in [6, 6.07) is 13.6. The fourth-order valence-corrected chi connectivity index (χ4v) is 3.50. The molecule has 0 aliphatic carbocycles. The summed E-state index contributed by atoms with van der Waals surface area (Å²) < 4.78 is 22.8. The Morgan fingerprint density at radius 2 is 1.74 bits per heavy atom. The predicted molar refractivity (Wildman–Crippen MR) is 94.9 cm³/mol. The van der Waals surface area contributed by atoms with Crippen LogP contribution in [-0.4, -0.2) is 25.8 Å². The third-order valence-electron chi connectivity index (χ3n) is 3.01. The second kappa shape index (κ2) is 7.19. The van der Waals surface area contributed by atoms with E-state index in [1.807, 2.05) is 18.2 Å². The van der Waals surface area contributed by atoms with Gasteiger partial charge in [0.1, 0.15) is 0 Å². The van der Waals surface area contributed by atoms with Crippen LogP contribution in [0.5, 0.6) is 0 Å². The fourth-order valence-electron chi connectivity index (χ4n) is 1.97. The molecule has 0 radical (unpaired) electrons. The summed E-state index contributed by atoms with van der Waals surface area (Å²) in [6.07, 6.45) is 1.15. The average Bonchev–Trinajstić information content (AvgIpc) is 2.46. The highest BCUT2D eigenvalue weighted by Crippen LogP contribution is 2.24. The van der Waals surface area contributed by atoms with Crippen molar-refractivity contribution in [1.82, 2.24) is 0 Å². The molecular weight excluding hydrogens is 330 g/mol. The van der Waals surface area contributed by atoms with Gasteiger partial charge in [0.2, 0.25) is 0 Å². The van der Waals surface area contributed by atoms with Crippen molar-refractivity contribution in [2.24, 2.45) is 0 Å². The largest absolute Gasteiger partial charge is 0.322 e. The lowest BCUT2D eigenvalue weighted by Gasteiger charge is -2.09. The molecule has 0 aliphatic heterocycles. The number of benzene rings is 2. The Hall–Kier alpha value is -1.79. The molecule has 4 nitrogen and oxygen atoms in total. The van der Waals surface area contributed by atoms with E-state index in [1.165, 1.54) is 12.1 Å².